The largest absolute Gasteiger partial charge is 0.336 e. The van der Waals surface area contributed by atoms with E-state index in [1.165, 1.54) is 0 Å². The van der Waals surface area contributed by atoms with E-state index in [4.69, 9.17) is 46.4 Å². The van der Waals surface area contributed by atoms with Crippen LogP contribution in [-0.4, -0.2) is 15.9 Å². The highest BCUT2D eigenvalue weighted by molar-refractivity contribution is 6.68. The van der Waals surface area contributed by atoms with Crippen molar-refractivity contribution in [3.05, 3.63) is 11.2 Å². The second-order valence-corrected chi connectivity index (χ2v) is 4.67. The molecule has 1 heterocycles. The number of nitrogens with zero attached hydrogens (tertiary/aromatic N) is 1. The van der Waals surface area contributed by atoms with Gasteiger partial charge in [-0.05, 0) is 0 Å². The minimum absolute atomic E-state index is 0.109. The van der Waals surface area contributed by atoms with Crippen LogP contribution in [0.2, 0.25) is 0 Å². The van der Waals surface area contributed by atoms with Crippen molar-refractivity contribution < 1.29 is 4.39 Å². The number of rotatable bonds is 0. The fraction of sp³-hybridized carbons (Fsp3) is 0.400. The van der Waals surface area contributed by atoms with Crippen molar-refractivity contribution in [1.29, 1.82) is 0 Å². The van der Waals surface area contributed by atoms with E-state index in [0.717, 1.165) is 6.20 Å². The Morgan fingerprint density at radius 2 is 2.17 bits per heavy atom. The summed E-state index contributed by atoms with van der Waals surface area (Å²) in [7, 11) is 0. The Labute approximate surface area is 88.3 Å². The molecular formula is C5H2Cl4FN2. The van der Waals surface area contributed by atoms with Gasteiger partial charge in [-0.2, -0.15) is 4.39 Å². The van der Waals surface area contributed by atoms with Gasteiger partial charge >= 0.3 is 5.92 Å². The third-order valence-corrected chi connectivity index (χ3v) is 2.03. The molecule has 0 fully saturated rings. The summed E-state index contributed by atoms with van der Waals surface area (Å²) in [5, 5.41) is 2.21. The zero-order chi connectivity index (χ0) is 9.41. The van der Waals surface area contributed by atoms with Crippen molar-refractivity contribution in [2.24, 2.45) is 4.99 Å². The van der Waals surface area contributed by atoms with Gasteiger partial charge in [0.15, 0.2) is 0 Å². The molecule has 2 nitrogen and oxygen atoms in total. The van der Waals surface area contributed by atoms with Crippen LogP contribution >= 0.6 is 46.4 Å². The molecule has 0 aromatic carbocycles. The van der Waals surface area contributed by atoms with Gasteiger partial charge in [-0.3, -0.25) is 0 Å². The van der Waals surface area contributed by atoms with Crippen LogP contribution in [0.3, 0.4) is 0 Å². The molecule has 0 amide bonds. The molecule has 0 spiro atoms. The Morgan fingerprint density at radius 1 is 1.58 bits per heavy atom. The predicted octanol–water partition coefficient (Wildman–Crippen LogP) is 2.61. The summed E-state index contributed by atoms with van der Waals surface area (Å²) in [4.78, 5) is 3.19. The van der Waals surface area contributed by atoms with Crippen LogP contribution < -0.4 is 5.32 Å². The van der Waals surface area contributed by atoms with E-state index in [1.54, 1.807) is 0 Å². The standard InChI is InChI=1S/C5H2Cl4FN2/c6-3-1-11-5(10,12-2-3)4(7,8)9/h1,11H. The predicted molar refractivity (Wildman–Crippen MR) is 48.6 cm³/mol. The highest BCUT2D eigenvalue weighted by Crippen LogP contribution is 2.41. The van der Waals surface area contributed by atoms with Crippen LogP contribution in [0.4, 0.5) is 4.39 Å². The summed E-state index contributed by atoms with van der Waals surface area (Å²) in [5.74, 6) is -2.50. The Bertz CT molecular complexity index is 246. The van der Waals surface area contributed by atoms with Gasteiger partial charge in [-0.25, -0.2) is 4.99 Å². The Hall–Kier alpha value is 0.300. The molecule has 67 valence electrons. The zero-order valence-electron chi connectivity index (χ0n) is 5.41. The molecule has 0 saturated carbocycles. The van der Waals surface area contributed by atoms with E-state index >= 15 is 0 Å². The molecular weight excluding hydrogens is 249 g/mol. The minimum Gasteiger partial charge on any atom is -0.336 e. The van der Waals surface area contributed by atoms with Crippen LogP contribution in [0.5, 0.6) is 0 Å². The first-order valence-electron chi connectivity index (χ1n) is 2.72. The van der Waals surface area contributed by atoms with Crippen LogP contribution in [0.15, 0.2) is 16.2 Å². The minimum atomic E-state index is -2.50. The number of hydrogen-bond donors (Lipinski definition) is 1. The molecule has 0 saturated heterocycles. The fourth-order valence-electron chi connectivity index (χ4n) is 0.499. The third kappa shape index (κ3) is 1.96. The summed E-state index contributed by atoms with van der Waals surface area (Å²) in [6.07, 6.45) is 3.25. The van der Waals surface area contributed by atoms with Crippen LogP contribution in [0, 0.1) is 0 Å². The lowest BCUT2D eigenvalue weighted by Crippen LogP contribution is -2.49. The average Bonchev–Trinajstić information content (AvgIpc) is 1.93. The van der Waals surface area contributed by atoms with Crippen molar-refractivity contribution in [2.45, 2.75) is 9.71 Å². The first-order valence-corrected chi connectivity index (χ1v) is 4.23. The Morgan fingerprint density at radius 3 is 2.50 bits per heavy atom. The quantitative estimate of drug-likeness (QED) is 0.519. The summed E-state index contributed by atoms with van der Waals surface area (Å²) in [6.45, 7) is 0. The molecule has 0 aromatic rings. The molecule has 1 atom stereocenters. The summed E-state index contributed by atoms with van der Waals surface area (Å²) < 4.78 is 11.2. The van der Waals surface area contributed by atoms with E-state index in [0.29, 0.717) is 0 Å². The molecule has 7 heteroatoms. The first kappa shape index (κ1) is 10.4. The molecule has 1 radical (unpaired) electrons. The molecule has 1 rings (SSSR count). The highest BCUT2D eigenvalue weighted by Gasteiger charge is 2.50. The monoisotopic (exact) mass is 249 g/mol. The van der Waals surface area contributed by atoms with Gasteiger partial charge in [-0.15, -0.1) is 0 Å². The lowest BCUT2D eigenvalue weighted by Gasteiger charge is -2.29. The molecule has 0 aromatic heterocycles. The summed E-state index contributed by atoms with van der Waals surface area (Å²) in [6, 6.07) is 0. The van der Waals surface area contributed by atoms with Crippen LogP contribution in [0.1, 0.15) is 0 Å². The first-order chi connectivity index (χ1) is 5.35. The number of nitrogens with one attached hydrogen (secondary N) is 1. The van der Waals surface area contributed by atoms with Crippen LogP contribution in [0.25, 0.3) is 0 Å². The molecule has 1 aliphatic rings. The van der Waals surface area contributed by atoms with E-state index in [-0.39, 0.29) is 5.03 Å². The van der Waals surface area contributed by atoms with E-state index in [1.807, 2.05) is 0 Å². The number of aliphatic imine (C=N–C) groups is 1. The second kappa shape index (κ2) is 3.22. The maximum atomic E-state index is 13.4. The lowest BCUT2D eigenvalue weighted by molar-refractivity contribution is 0.151. The highest BCUT2D eigenvalue weighted by atomic mass is 35.6. The molecule has 0 aliphatic carbocycles. The van der Waals surface area contributed by atoms with Gasteiger partial charge < -0.3 is 5.32 Å². The Kier molecular flexibility index (Phi) is 2.78. The van der Waals surface area contributed by atoms with Crippen molar-refractivity contribution in [3.63, 3.8) is 0 Å². The lowest BCUT2D eigenvalue weighted by atomic mass is 10.4. The number of alkyl halides is 4. The van der Waals surface area contributed by atoms with Gasteiger partial charge in [0.25, 0.3) is 3.79 Å². The molecule has 1 N–H and O–H groups in total. The molecule has 0 bridgehead atoms. The molecule has 1 aliphatic heterocycles. The van der Waals surface area contributed by atoms with Gasteiger partial charge in [-0.1, -0.05) is 46.4 Å². The smallest absolute Gasteiger partial charge is 0.322 e. The normalized spacial score (nSPS) is 29.6. The summed E-state index contributed by atoms with van der Waals surface area (Å²) in [5.41, 5.74) is 0. The van der Waals surface area contributed by atoms with Crippen molar-refractivity contribution in [1.82, 2.24) is 5.32 Å². The van der Waals surface area contributed by atoms with Crippen molar-refractivity contribution >= 4 is 52.6 Å². The van der Waals surface area contributed by atoms with Gasteiger partial charge in [0.1, 0.15) is 6.21 Å². The van der Waals surface area contributed by atoms with Gasteiger partial charge in [0, 0.05) is 6.20 Å². The Balaban J connectivity index is 2.86. The van der Waals surface area contributed by atoms with Gasteiger partial charge in [0.2, 0.25) is 0 Å². The number of halogens is 5. The number of hydrogen-bond acceptors (Lipinski definition) is 2. The van der Waals surface area contributed by atoms with Crippen molar-refractivity contribution in [3.8, 4) is 0 Å². The van der Waals surface area contributed by atoms with E-state index in [2.05, 4.69) is 16.5 Å². The second-order valence-electron chi connectivity index (χ2n) is 1.98. The zero-order valence-corrected chi connectivity index (χ0v) is 8.44. The molecule has 12 heavy (non-hydrogen) atoms. The van der Waals surface area contributed by atoms with E-state index < -0.39 is 9.71 Å². The maximum absolute atomic E-state index is 13.4. The van der Waals surface area contributed by atoms with Crippen molar-refractivity contribution in [2.75, 3.05) is 0 Å². The fourth-order valence-corrected chi connectivity index (χ4v) is 0.886. The molecule has 1 unspecified atom stereocenters. The topological polar surface area (TPSA) is 24.4 Å². The maximum Gasteiger partial charge on any atom is 0.322 e. The SMILES string of the molecule is FC1(C(Cl)(Cl)Cl)N=[C]C(Cl)=CN1. The van der Waals surface area contributed by atoms with E-state index in [9.17, 15) is 4.39 Å². The van der Waals surface area contributed by atoms with Crippen LogP contribution in [-0.2, 0) is 0 Å². The summed E-state index contributed by atoms with van der Waals surface area (Å²) >= 11 is 21.3. The average molecular weight is 251 g/mol. The number of allylic oxidation sites excluding steroid dienone is 1. The van der Waals surface area contributed by atoms with Gasteiger partial charge in [0.05, 0.1) is 5.03 Å². The third-order valence-electron chi connectivity index (χ3n) is 1.08.